The summed E-state index contributed by atoms with van der Waals surface area (Å²) in [5.74, 6) is 2.77. The van der Waals surface area contributed by atoms with Gasteiger partial charge in [-0.05, 0) is 30.8 Å². The van der Waals surface area contributed by atoms with Crippen LogP contribution in [0.15, 0.2) is 12.2 Å². The highest BCUT2D eigenvalue weighted by Crippen LogP contribution is 2.50. The van der Waals surface area contributed by atoms with Crippen molar-refractivity contribution < 1.29 is 0 Å². The summed E-state index contributed by atoms with van der Waals surface area (Å²) < 4.78 is 0.595. The van der Waals surface area contributed by atoms with Gasteiger partial charge in [0.2, 0.25) is 0 Å². The van der Waals surface area contributed by atoms with Crippen LogP contribution in [0.4, 0.5) is 0 Å². The lowest BCUT2D eigenvalue weighted by Gasteiger charge is -2.31. The molecule has 0 N–H and O–H groups in total. The predicted molar refractivity (Wildman–Crippen MR) is 50.6 cm³/mol. The fourth-order valence-electron chi connectivity index (χ4n) is 1.46. The molecule has 0 unspecified atom stereocenters. The fraction of sp³-hybridized carbons (Fsp3) is 0.750. The maximum Gasteiger partial charge on any atom is 0.0679 e. The van der Waals surface area contributed by atoms with Gasteiger partial charge >= 0.3 is 0 Å². The normalized spacial score (nSPS) is 29.6. The molecule has 0 aromatic heterocycles. The summed E-state index contributed by atoms with van der Waals surface area (Å²) in [6, 6.07) is 0. The molecule has 1 spiro atoms. The first-order valence-corrected chi connectivity index (χ1v) is 5.81. The average Bonchev–Trinajstić information content (AvgIpc) is 2.39. The Balaban J connectivity index is 2.00. The van der Waals surface area contributed by atoms with Gasteiger partial charge in [-0.3, -0.25) is 0 Å². The van der Waals surface area contributed by atoms with Crippen molar-refractivity contribution in [3.63, 3.8) is 0 Å². The second-order valence-electron chi connectivity index (χ2n) is 2.84. The van der Waals surface area contributed by atoms with Crippen LogP contribution in [0, 0.1) is 0 Å². The lowest BCUT2D eigenvalue weighted by atomic mass is 10.3. The molecule has 10 heavy (non-hydrogen) atoms. The number of thioether (sulfide) groups is 2. The first-order valence-electron chi connectivity index (χ1n) is 3.84. The quantitative estimate of drug-likeness (QED) is 0.515. The minimum atomic E-state index is 0.595. The molecule has 1 saturated heterocycles. The van der Waals surface area contributed by atoms with Crippen LogP contribution in [0.25, 0.3) is 0 Å². The molecular formula is C8H12S2. The number of hydrogen-bond donors (Lipinski definition) is 0. The zero-order valence-corrected chi connectivity index (χ0v) is 7.64. The van der Waals surface area contributed by atoms with E-state index < -0.39 is 0 Å². The van der Waals surface area contributed by atoms with E-state index in [0.717, 1.165) is 0 Å². The second-order valence-corrected chi connectivity index (χ2v) is 6.06. The second kappa shape index (κ2) is 2.82. The van der Waals surface area contributed by atoms with Crippen LogP contribution < -0.4 is 0 Å². The monoisotopic (exact) mass is 172 g/mol. The third-order valence-corrected chi connectivity index (χ3v) is 5.45. The van der Waals surface area contributed by atoms with Crippen LogP contribution in [-0.4, -0.2) is 15.6 Å². The van der Waals surface area contributed by atoms with Crippen LogP contribution in [0.1, 0.15) is 19.3 Å². The van der Waals surface area contributed by atoms with Gasteiger partial charge in [-0.2, -0.15) is 0 Å². The minimum absolute atomic E-state index is 0.595. The van der Waals surface area contributed by atoms with E-state index in [1.54, 1.807) is 0 Å². The van der Waals surface area contributed by atoms with Gasteiger partial charge in [0.25, 0.3) is 0 Å². The van der Waals surface area contributed by atoms with E-state index in [9.17, 15) is 0 Å². The van der Waals surface area contributed by atoms with Crippen LogP contribution in [0.5, 0.6) is 0 Å². The van der Waals surface area contributed by atoms with Crippen molar-refractivity contribution in [3.05, 3.63) is 12.2 Å². The van der Waals surface area contributed by atoms with Crippen molar-refractivity contribution in [1.82, 2.24) is 0 Å². The largest absolute Gasteiger partial charge is 0.144 e. The lowest BCUT2D eigenvalue weighted by Crippen LogP contribution is -2.20. The predicted octanol–water partition coefficient (Wildman–Crippen LogP) is 2.90. The van der Waals surface area contributed by atoms with Crippen molar-refractivity contribution >= 4 is 23.5 Å². The maximum atomic E-state index is 2.34. The van der Waals surface area contributed by atoms with Crippen LogP contribution >= 0.6 is 23.5 Å². The van der Waals surface area contributed by atoms with E-state index in [0.29, 0.717) is 4.08 Å². The molecule has 1 aliphatic carbocycles. The zero-order valence-electron chi connectivity index (χ0n) is 6.01. The molecule has 1 fully saturated rings. The summed E-state index contributed by atoms with van der Waals surface area (Å²) in [5, 5.41) is 0. The van der Waals surface area contributed by atoms with Crippen LogP contribution in [-0.2, 0) is 0 Å². The van der Waals surface area contributed by atoms with Gasteiger partial charge in [-0.1, -0.05) is 12.2 Å². The Morgan fingerprint density at radius 2 is 1.60 bits per heavy atom. The Morgan fingerprint density at radius 3 is 2.20 bits per heavy atom. The van der Waals surface area contributed by atoms with Gasteiger partial charge in [0.1, 0.15) is 0 Å². The van der Waals surface area contributed by atoms with Crippen molar-refractivity contribution in [2.75, 3.05) is 11.5 Å². The Morgan fingerprint density at radius 1 is 1.00 bits per heavy atom. The highest BCUT2D eigenvalue weighted by Gasteiger charge is 2.33. The molecule has 0 aromatic carbocycles. The van der Waals surface area contributed by atoms with E-state index in [1.807, 2.05) is 0 Å². The van der Waals surface area contributed by atoms with Gasteiger partial charge in [0.05, 0.1) is 4.08 Å². The van der Waals surface area contributed by atoms with Crippen molar-refractivity contribution in [2.24, 2.45) is 0 Å². The molecule has 0 bridgehead atoms. The first-order chi connectivity index (χ1) is 4.91. The van der Waals surface area contributed by atoms with Crippen LogP contribution in [0.3, 0.4) is 0 Å². The van der Waals surface area contributed by atoms with Crippen molar-refractivity contribution in [1.29, 1.82) is 0 Å². The molecule has 1 heterocycles. The summed E-state index contributed by atoms with van der Waals surface area (Å²) in [4.78, 5) is 0. The minimum Gasteiger partial charge on any atom is -0.144 e. The highest BCUT2D eigenvalue weighted by atomic mass is 32.2. The molecule has 0 saturated carbocycles. The van der Waals surface area contributed by atoms with Gasteiger partial charge in [0, 0.05) is 0 Å². The number of rotatable bonds is 0. The van der Waals surface area contributed by atoms with Crippen LogP contribution in [0.2, 0.25) is 0 Å². The molecule has 0 radical (unpaired) electrons. The lowest BCUT2D eigenvalue weighted by molar-refractivity contribution is 0.862. The van der Waals surface area contributed by atoms with E-state index >= 15 is 0 Å². The average molecular weight is 172 g/mol. The molecule has 2 rings (SSSR count). The Bertz CT molecular complexity index is 135. The van der Waals surface area contributed by atoms with E-state index in [-0.39, 0.29) is 0 Å². The van der Waals surface area contributed by atoms with Gasteiger partial charge in [0.15, 0.2) is 0 Å². The third-order valence-electron chi connectivity index (χ3n) is 2.04. The van der Waals surface area contributed by atoms with E-state index in [1.165, 1.54) is 30.8 Å². The van der Waals surface area contributed by atoms with Crippen molar-refractivity contribution in [2.45, 2.75) is 23.3 Å². The molecule has 0 amide bonds. The number of hydrogen-bond acceptors (Lipinski definition) is 2. The molecule has 0 aromatic rings. The maximum absolute atomic E-state index is 2.34. The van der Waals surface area contributed by atoms with Crippen molar-refractivity contribution in [3.8, 4) is 0 Å². The Kier molecular flexibility index (Phi) is 2.01. The standard InChI is InChI=1S/C8H12S2/c1-2-5-8(4-1)9-6-3-7-10-8/h1-2H,3-7H2. The molecule has 1 aliphatic heterocycles. The van der Waals surface area contributed by atoms with Gasteiger partial charge in [-0.25, -0.2) is 0 Å². The topological polar surface area (TPSA) is 0 Å². The molecule has 2 heteroatoms. The molecule has 56 valence electrons. The summed E-state index contributed by atoms with van der Waals surface area (Å²) in [6.07, 6.45) is 8.71. The Labute approximate surface area is 70.8 Å². The fourth-order valence-corrected chi connectivity index (χ4v) is 4.66. The smallest absolute Gasteiger partial charge is 0.0679 e. The molecule has 0 atom stereocenters. The molecule has 2 aliphatic rings. The molecule has 0 nitrogen and oxygen atoms in total. The SMILES string of the molecule is C1=CCC2(C1)SCCCS2. The first kappa shape index (κ1) is 7.11. The number of allylic oxidation sites excluding steroid dienone is 2. The zero-order chi connectivity index (χ0) is 6.86. The third kappa shape index (κ3) is 1.24. The Hall–Kier alpha value is 0.440. The van der Waals surface area contributed by atoms with E-state index in [2.05, 4.69) is 35.7 Å². The summed E-state index contributed by atoms with van der Waals surface area (Å²) >= 11 is 4.35. The summed E-state index contributed by atoms with van der Waals surface area (Å²) in [5.41, 5.74) is 0. The molecular weight excluding hydrogens is 160 g/mol. The highest BCUT2D eigenvalue weighted by molar-refractivity contribution is 8.18. The van der Waals surface area contributed by atoms with Gasteiger partial charge < -0.3 is 0 Å². The summed E-state index contributed by atoms with van der Waals surface area (Å²) in [6.45, 7) is 0. The van der Waals surface area contributed by atoms with E-state index in [4.69, 9.17) is 0 Å². The van der Waals surface area contributed by atoms with Gasteiger partial charge in [-0.15, -0.1) is 23.5 Å². The summed E-state index contributed by atoms with van der Waals surface area (Å²) in [7, 11) is 0.